The third-order valence-electron chi connectivity index (χ3n) is 5.59. The summed E-state index contributed by atoms with van der Waals surface area (Å²) >= 11 is 0. The average Bonchev–Trinajstić information content (AvgIpc) is 2.49. The Bertz CT molecular complexity index is 382. The van der Waals surface area contributed by atoms with Crippen molar-refractivity contribution in [1.82, 2.24) is 0 Å². The smallest absolute Gasteiger partial charge is 0.211 e. The molecule has 0 aromatic rings. The zero-order valence-corrected chi connectivity index (χ0v) is 12.4. The van der Waals surface area contributed by atoms with Gasteiger partial charge in [-0.05, 0) is 25.7 Å². The van der Waals surface area contributed by atoms with E-state index in [1.54, 1.807) is 12.2 Å². The van der Waals surface area contributed by atoms with Gasteiger partial charge in [0, 0.05) is 5.92 Å². The Morgan fingerprint density at radius 2 is 1.10 bits per heavy atom. The van der Waals surface area contributed by atoms with Crippen LogP contribution in [0.1, 0.15) is 71.1 Å². The third-order valence-corrected chi connectivity index (χ3v) is 5.59. The van der Waals surface area contributed by atoms with Crippen molar-refractivity contribution in [2.75, 3.05) is 0 Å². The van der Waals surface area contributed by atoms with Gasteiger partial charge in [-0.15, -0.1) is 0 Å². The SMILES string of the molecule is CC(C1(N=C=O)CCCCC1)C1(N=C=O)CCCCC1. The topological polar surface area (TPSA) is 58.9 Å². The lowest BCUT2D eigenvalue weighted by molar-refractivity contribution is 0.102. The molecule has 110 valence electrons. The minimum Gasteiger partial charge on any atom is -0.211 e. The van der Waals surface area contributed by atoms with E-state index < -0.39 is 0 Å². The summed E-state index contributed by atoms with van der Waals surface area (Å²) in [6.45, 7) is 2.12. The van der Waals surface area contributed by atoms with E-state index in [2.05, 4.69) is 16.9 Å². The first-order valence-electron chi connectivity index (χ1n) is 7.87. The summed E-state index contributed by atoms with van der Waals surface area (Å²) in [6, 6.07) is 0. The standard InChI is InChI=1S/C16H24N2O2/c1-14(15(17-12-19)8-4-2-5-9-15)16(18-13-20)10-6-3-7-11-16/h14H,2-11H2,1H3. The van der Waals surface area contributed by atoms with Gasteiger partial charge in [0.2, 0.25) is 12.2 Å². The second kappa shape index (κ2) is 6.47. The van der Waals surface area contributed by atoms with E-state index in [0.717, 1.165) is 51.4 Å². The van der Waals surface area contributed by atoms with Crippen LogP contribution in [0, 0.1) is 5.92 Å². The van der Waals surface area contributed by atoms with E-state index in [0.29, 0.717) is 0 Å². The monoisotopic (exact) mass is 276 g/mol. The average molecular weight is 276 g/mol. The van der Waals surface area contributed by atoms with Crippen molar-refractivity contribution >= 4 is 12.2 Å². The van der Waals surface area contributed by atoms with Gasteiger partial charge in [-0.2, -0.15) is 9.98 Å². The van der Waals surface area contributed by atoms with Crippen molar-refractivity contribution in [3.63, 3.8) is 0 Å². The summed E-state index contributed by atoms with van der Waals surface area (Å²) < 4.78 is 0. The van der Waals surface area contributed by atoms with Crippen molar-refractivity contribution in [3.05, 3.63) is 0 Å². The number of isocyanates is 2. The summed E-state index contributed by atoms with van der Waals surface area (Å²) in [6.07, 6.45) is 14.0. The molecule has 0 bridgehead atoms. The largest absolute Gasteiger partial charge is 0.235 e. The van der Waals surface area contributed by atoms with Crippen LogP contribution in [-0.2, 0) is 9.59 Å². The van der Waals surface area contributed by atoms with E-state index >= 15 is 0 Å². The number of hydrogen-bond acceptors (Lipinski definition) is 4. The molecule has 0 heterocycles. The molecule has 2 rings (SSSR count). The number of carbonyl (C=O) groups excluding carboxylic acids is 2. The Morgan fingerprint density at radius 3 is 1.40 bits per heavy atom. The molecule has 4 nitrogen and oxygen atoms in total. The molecule has 0 aliphatic heterocycles. The normalized spacial score (nSPS) is 25.9. The lowest BCUT2D eigenvalue weighted by Gasteiger charge is -2.47. The molecule has 0 atom stereocenters. The number of hydrogen-bond donors (Lipinski definition) is 0. The van der Waals surface area contributed by atoms with Crippen LogP contribution in [-0.4, -0.2) is 23.2 Å². The number of aliphatic imine (C=N–C) groups is 2. The van der Waals surface area contributed by atoms with Gasteiger partial charge in [0.15, 0.2) is 0 Å². The molecule has 0 N–H and O–H groups in total. The van der Waals surface area contributed by atoms with E-state index in [1.807, 2.05) is 0 Å². The van der Waals surface area contributed by atoms with Crippen molar-refractivity contribution in [1.29, 1.82) is 0 Å². The van der Waals surface area contributed by atoms with Crippen LogP contribution < -0.4 is 0 Å². The van der Waals surface area contributed by atoms with Gasteiger partial charge < -0.3 is 0 Å². The van der Waals surface area contributed by atoms with Crippen molar-refractivity contribution < 1.29 is 9.59 Å². The molecule has 2 aliphatic rings. The molecule has 0 spiro atoms. The highest BCUT2D eigenvalue weighted by Gasteiger charge is 2.49. The van der Waals surface area contributed by atoms with Crippen LogP contribution in [0.4, 0.5) is 0 Å². The lowest BCUT2D eigenvalue weighted by atomic mass is 9.62. The highest BCUT2D eigenvalue weighted by molar-refractivity contribution is 5.37. The van der Waals surface area contributed by atoms with Crippen LogP contribution >= 0.6 is 0 Å². The molecule has 20 heavy (non-hydrogen) atoms. The van der Waals surface area contributed by atoms with Crippen molar-refractivity contribution in [2.24, 2.45) is 15.9 Å². The summed E-state index contributed by atoms with van der Waals surface area (Å²) in [5.41, 5.74) is -0.727. The van der Waals surface area contributed by atoms with Gasteiger partial charge >= 0.3 is 0 Å². The molecule has 2 fully saturated rings. The third kappa shape index (κ3) is 2.77. The van der Waals surface area contributed by atoms with Crippen LogP contribution in [0.15, 0.2) is 9.98 Å². The molecule has 0 unspecified atom stereocenters. The van der Waals surface area contributed by atoms with Gasteiger partial charge in [-0.3, -0.25) is 0 Å². The van der Waals surface area contributed by atoms with Gasteiger partial charge in [0.05, 0.1) is 11.1 Å². The number of nitrogens with zero attached hydrogens (tertiary/aromatic N) is 2. The van der Waals surface area contributed by atoms with Gasteiger partial charge in [0.1, 0.15) is 0 Å². The highest BCUT2D eigenvalue weighted by Crippen LogP contribution is 2.48. The highest BCUT2D eigenvalue weighted by atomic mass is 16.1. The Morgan fingerprint density at radius 1 is 0.750 bits per heavy atom. The predicted molar refractivity (Wildman–Crippen MR) is 77.0 cm³/mol. The Kier molecular flexibility index (Phi) is 4.91. The minimum atomic E-state index is -0.363. The maximum atomic E-state index is 10.9. The quantitative estimate of drug-likeness (QED) is 0.580. The lowest BCUT2D eigenvalue weighted by Crippen LogP contribution is -2.50. The molecule has 0 radical (unpaired) electrons. The fraction of sp³-hybridized carbons (Fsp3) is 0.875. The van der Waals surface area contributed by atoms with E-state index in [1.165, 1.54) is 12.8 Å². The second-order valence-electron chi connectivity index (χ2n) is 6.46. The van der Waals surface area contributed by atoms with Gasteiger partial charge in [0.25, 0.3) is 0 Å². The molecular weight excluding hydrogens is 252 g/mol. The fourth-order valence-electron chi connectivity index (χ4n) is 4.29. The first-order chi connectivity index (χ1) is 9.69. The summed E-state index contributed by atoms with van der Waals surface area (Å²) in [5.74, 6) is 0.110. The first-order valence-corrected chi connectivity index (χ1v) is 7.87. The molecular formula is C16H24N2O2. The van der Waals surface area contributed by atoms with Crippen LogP contribution in [0.25, 0.3) is 0 Å². The molecule has 2 saturated carbocycles. The fourth-order valence-corrected chi connectivity index (χ4v) is 4.29. The summed E-state index contributed by atoms with van der Waals surface area (Å²) in [5, 5.41) is 0. The molecule has 0 saturated heterocycles. The van der Waals surface area contributed by atoms with E-state index in [9.17, 15) is 9.59 Å². The molecule has 4 heteroatoms. The summed E-state index contributed by atoms with van der Waals surface area (Å²) in [7, 11) is 0. The molecule has 2 aliphatic carbocycles. The van der Waals surface area contributed by atoms with Gasteiger partial charge in [-0.25, -0.2) is 9.59 Å². The van der Waals surface area contributed by atoms with Crippen molar-refractivity contribution in [2.45, 2.75) is 82.2 Å². The Labute approximate surface area is 120 Å². The maximum Gasteiger partial charge on any atom is 0.235 e. The summed E-state index contributed by atoms with van der Waals surface area (Å²) in [4.78, 5) is 30.3. The van der Waals surface area contributed by atoms with E-state index in [4.69, 9.17) is 0 Å². The molecule has 0 aromatic carbocycles. The van der Waals surface area contributed by atoms with Gasteiger partial charge in [-0.1, -0.05) is 45.4 Å². The Hall–Kier alpha value is -1.24. The number of rotatable bonds is 4. The second-order valence-corrected chi connectivity index (χ2v) is 6.46. The van der Waals surface area contributed by atoms with Crippen LogP contribution in [0.3, 0.4) is 0 Å². The van der Waals surface area contributed by atoms with Crippen LogP contribution in [0.5, 0.6) is 0 Å². The zero-order chi connectivity index (χ0) is 14.5. The predicted octanol–water partition coefficient (Wildman–Crippen LogP) is 3.70. The van der Waals surface area contributed by atoms with Crippen molar-refractivity contribution in [3.8, 4) is 0 Å². The minimum absolute atomic E-state index is 0.110. The molecule has 0 amide bonds. The van der Waals surface area contributed by atoms with E-state index in [-0.39, 0.29) is 17.0 Å². The Balaban J connectivity index is 2.34. The maximum absolute atomic E-state index is 10.9. The zero-order valence-electron chi connectivity index (χ0n) is 12.4. The van der Waals surface area contributed by atoms with Crippen LogP contribution in [0.2, 0.25) is 0 Å². The first kappa shape index (κ1) is 15.2. The molecule has 0 aromatic heterocycles.